The monoisotopic (exact) mass is 397 g/mol. The van der Waals surface area contributed by atoms with E-state index in [1.807, 2.05) is 35.2 Å². The maximum atomic E-state index is 13.0. The average Bonchev–Trinajstić information content (AvgIpc) is 3.47. The average molecular weight is 397 g/mol. The summed E-state index contributed by atoms with van der Waals surface area (Å²) in [5.74, 6) is 0.253. The number of para-hydroxylation sites is 1. The van der Waals surface area contributed by atoms with Gasteiger partial charge in [-0.05, 0) is 37.1 Å². The van der Waals surface area contributed by atoms with Crippen molar-refractivity contribution in [3.8, 4) is 0 Å². The van der Waals surface area contributed by atoms with Crippen molar-refractivity contribution in [3.63, 3.8) is 0 Å². The van der Waals surface area contributed by atoms with Gasteiger partial charge in [0.2, 0.25) is 0 Å². The van der Waals surface area contributed by atoms with Crippen LogP contribution in [-0.2, 0) is 4.74 Å². The third kappa shape index (κ3) is 4.79. The molecule has 7 heteroatoms. The second-order valence-corrected chi connectivity index (χ2v) is 7.61. The lowest BCUT2D eigenvalue weighted by Gasteiger charge is -2.37. The van der Waals surface area contributed by atoms with Crippen molar-refractivity contribution in [2.75, 3.05) is 31.6 Å². The topological polar surface area (TPSA) is 75.0 Å². The third-order valence-corrected chi connectivity index (χ3v) is 5.61. The molecule has 0 radical (unpaired) electrons. The molecule has 1 saturated heterocycles. The fraction of sp³-hybridized carbons (Fsp3) is 0.455. The van der Waals surface area contributed by atoms with E-state index in [0.717, 1.165) is 31.4 Å². The van der Waals surface area contributed by atoms with Gasteiger partial charge in [-0.15, -0.1) is 0 Å². The molecule has 1 N–H and O–H groups in total. The van der Waals surface area contributed by atoms with Gasteiger partial charge in [-0.1, -0.05) is 31.0 Å². The van der Waals surface area contributed by atoms with E-state index in [2.05, 4.69) is 5.32 Å². The molecule has 0 bridgehead atoms. The van der Waals surface area contributed by atoms with E-state index in [1.165, 1.54) is 6.26 Å². The van der Waals surface area contributed by atoms with E-state index >= 15 is 0 Å². The van der Waals surface area contributed by atoms with E-state index in [1.54, 1.807) is 17.0 Å². The summed E-state index contributed by atoms with van der Waals surface area (Å²) in [5.41, 5.74) is 0.765. The van der Waals surface area contributed by atoms with Crippen LogP contribution in [0.15, 0.2) is 53.1 Å². The van der Waals surface area contributed by atoms with Crippen molar-refractivity contribution in [2.45, 2.75) is 37.8 Å². The van der Waals surface area contributed by atoms with Gasteiger partial charge in [0.05, 0.1) is 25.5 Å². The molecular weight excluding hydrogens is 370 g/mol. The lowest BCUT2D eigenvalue weighted by molar-refractivity contribution is -0.0312. The van der Waals surface area contributed by atoms with Crippen molar-refractivity contribution < 1.29 is 18.7 Å². The Kier molecular flexibility index (Phi) is 6.14. The summed E-state index contributed by atoms with van der Waals surface area (Å²) in [6, 6.07) is 12.9. The summed E-state index contributed by atoms with van der Waals surface area (Å²) in [5, 5.41) is 2.92. The predicted octanol–water partition coefficient (Wildman–Crippen LogP) is 3.60. The van der Waals surface area contributed by atoms with Gasteiger partial charge in [0.25, 0.3) is 5.91 Å². The van der Waals surface area contributed by atoms with Crippen LogP contribution in [0, 0.1) is 0 Å². The molecule has 7 nitrogen and oxygen atoms in total. The summed E-state index contributed by atoms with van der Waals surface area (Å²) in [6.45, 7) is 1.90. The first-order chi connectivity index (χ1) is 14.2. The molecule has 1 aromatic heterocycles. The highest BCUT2D eigenvalue weighted by atomic mass is 16.5. The van der Waals surface area contributed by atoms with Crippen LogP contribution in [0.4, 0.5) is 10.5 Å². The molecular formula is C22H27N3O4. The molecule has 29 heavy (non-hydrogen) atoms. The molecule has 154 valence electrons. The van der Waals surface area contributed by atoms with Crippen molar-refractivity contribution in [3.05, 3.63) is 54.5 Å². The molecule has 1 aliphatic heterocycles. The number of anilines is 1. The fourth-order valence-corrected chi connectivity index (χ4v) is 4.11. The summed E-state index contributed by atoms with van der Waals surface area (Å²) in [7, 11) is 0. The van der Waals surface area contributed by atoms with Gasteiger partial charge >= 0.3 is 6.03 Å². The molecule has 2 fully saturated rings. The number of hydrogen-bond acceptors (Lipinski definition) is 4. The van der Waals surface area contributed by atoms with Gasteiger partial charge in [-0.25, -0.2) is 4.79 Å². The minimum absolute atomic E-state index is 0.101. The summed E-state index contributed by atoms with van der Waals surface area (Å²) in [4.78, 5) is 29.3. The summed E-state index contributed by atoms with van der Waals surface area (Å²) >= 11 is 0. The second kappa shape index (κ2) is 9.13. The normalized spacial score (nSPS) is 19.9. The smallest absolute Gasteiger partial charge is 0.322 e. The predicted molar refractivity (Wildman–Crippen MR) is 109 cm³/mol. The lowest BCUT2D eigenvalue weighted by Crippen LogP contribution is -2.53. The largest absolute Gasteiger partial charge is 0.459 e. The van der Waals surface area contributed by atoms with Crippen molar-refractivity contribution in [1.82, 2.24) is 9.80 Å². The number of morpholine rings is 1. The number of amides is 3. The molecule has 1 saturated carbocycles. The Morgan fingerprint density at radius 1 is 1.10 bits per heavy atom. The van der Waals surface area contributed by atoms with Crippen LogP contribution in [0.5, 0.6) is 0 Å². The third-order valence-electron chi connectivity index (χ3n) is 5.61. The van der Waals surface area contributed by atoms with Crippen LogP contribution in [0.2, 0.25) is 0 Å². The van der Waals surface area contributed by atoms with Crippen LogP contribution in [0.1, 0.15) is 36.2 Å². The van der Waals surface area contributed by atoms with E-state index in [9.17, 15) is 9.59 Å². The quantitative estimate of drug-likeness (QED) is 0.837. The van der Waals surface area contributed by atoms with Gasteiger partial charge < -0.3 is 24.3 Å². The number of ether oxygens (including phenoxy) is 1. The number of rotatable bonds is 5. The number of nitrogens with zero attached hydrogens (tertiary/aromatic N) is 2. The number of urea groups is 1. The maximum Gasteiger partial charge on any atom is 0.322 e. The highest BCUT2D eigenvalue weighted by molar-refractivity contribution is 5.92. The molecule has 1 atom stereocenters. The highest BCUT2D eigenvalue weighted by Crippen LogP contribution is 2.26. The Bertz CT molecular complexity index is 803. The molecule has 1 aromatic carbocycles. The van der Waals surface area contributed by atoms with Crippen molar-refractivity contribution in [2.24, 2.45) is 0 Å². The first-order valence-corrected chi connectivity index (χ1v) is 10.3. The van der Waals surface area contributed by atoms with Gasteiger partial charge in [-0.2, -0.15) is 0 Å². The van der Waals surface area contributed by atoms with Crippen LogP contribution in [0.3, 0.4) is 0 Å². The number of benzene rings is 1. The molecule has 2 aliphatic rings. The summed E-state index contributed by atoms with van der Waals surface area (Å²) in [6.07, 6.45) is 5.56. The number of carbonyl (C=O) groups excluding carboxylic acids is 2. The van der Waals surface area contributed by atoms with Gasteiger partial charge in [0, 0.05) is 24.8 Å². The van der Waals surface area contributed by atoms with Gasteiger partial charge in [-0.3, -0.25) is 4.79 Å². The number of carbonyl (C=O) groups is 2. The first-order valence-electron chi connectivity index (χ1n) is 10.3. The van der Waals surface area contributed by atoms with E-state index in [4.69, 9.17) is 9.15 Å². The zero-order valence-electron chi connectivity index (χ0n) is 16.5. The summed E-state index contributed by atoms with van der Waals surface area (Å²) < 4.78 is 11.3. The van der Waals surface area contributed by atoms with Crippen molar-refractivity contribution >= 4 is 17.6 Å². The zero-order valence-corrected chi connectivity index (χ0v) is 16.5. The van der Waals surface area contributed by atoms with Crippen LogP contribution in [-0.4, -0.2) is 60.1 Å². The van der Waals surface area contributed by atoms with Crippen LogP contribution >= 0.6 is 0 Å². The van der Waals surface area contributed by atoms with Crippen LogP contribution in [0.25, 0.3) is 0 Å². The second-order valence-electron chi connectivity index (χ2n) is 7.61. The fourth-order valence-electron chi connectivity index (χ4n) is 4.11. The first kappa shape index (κ1) is 19.5. The number of hydrogen-bond donors (Lipinski definition) is 1. The Labute approximate surface area is 170 Å². The van der Waals surface area contributed by atoms with Gasteiger partial charge in [0.15, 0.2) is 5.76 Å². The number of furan rings is 1. The Hall–Kier alpha value is -2.80. The molecule has 2 aromatic rings. The Morgan fingerprint density at radius 3 is 2.62 bits per heavy atom. The van der Waals surface area contributed by atoms with Crippen molar-refractivity contribution in [1.29, 1.82) is 0 Å². The SMILES string of the molecule is O=C(Nc1ccccc1)N1CCO[C@H](CN(C(=O)c2ccco2)C2CCCC2)C1. The number of nitrogens with one attached hydrogen (secondary N) is 1. The molecule has 2 heterocycles. The van der Waals surface area contributed by atoms with E-state index in [-0.39, 0.29) is 24.1 Å². The standard InChI is InChI=1S/C22H27N3O4/c26-21(20-11-6-13-29-20)25(18-9-4-5-10-18)16-19-15-24(12-14-28-19)22(27)23-17-7-2-1-3-8-17/h1-3,6-8,11,13,18-19H,4-5,9-10,12,14-16H2,(H,23,27)/t19-/m0/s1. The molecule has 4 rings (SSSR count). The van der Waals surface area contributed by atoms with Crippen LogP contribution < -0.4 is 5.32 Å². The maximum absolute atomic E-state index is 13.0. The van der Waals surface area contributed by atoms with Gasteiger partial charge in [0.1, 0.15) is 0 Å². The minimum atomic E-state index is -0.218. The molecule has 3 amide bonds. The van der Waals surface area contributed by atoms with E-state index < -0.39 is 0 Å². The minimum Gasteiger partial charge on any atom is -0.459 e. The van der Waals surface area contributed by atoms with E-state index in [0.29, 0.717) is 32.0 Å². The molecule has 0 spiro atoms. The Morgan fingerprint density at radius 2 is 1.90 bits per heavy atom. The molecule has 0 unspecified atom stereocenters. The highest BCUT2D eigenvalue weighted by Gasteiger charge is 2.33. The Balaban J connectivity index is 1.40. The molecule has 1 aliphatic carbocycles. The lowest BCUT2D eigenvalue weighted by atomic mass is 10.1. The zero-order chi connectivity index (χ0) is 20.1.